The molecule has 1 aromatic rings. The van der Waals surface area contributed by atoms with Crippen LogP contribution >= 0.6 is 0 Å². The molecule has 98 valence electrons. The monoisotopic (exact) mass is 249 g/mol. The summed E-state index contributed by atoms with van der Waals surface area (Å²) in [5.74, 6) is -0.902. The van der Waals surface area contributed by atoms with Crippen LogP contribution in [0.15, 0.2) is 30.3 Å². The second-order valence-corrected chi connectivity index (χ2v) is 4.35. The Morgan fingerprint density at radius 1 is 1.28 bits per heavy atom. The molecular weight excluding hydrogens is 230 g/mol. The highest BCUT2D eigenvalue weighted by Crippen LogP contribution is 2.11. The van der Waals surface area contributed by atoms with E-state index in [-0.39, 0.29) is 12.3 Å². The molecule has 0 amide bonds. The molecule has 0 radical (unpaired) electrons. The predicted molar refractivity (Wildman–Crippen MR) is 69.2 cm³/mol. The third-order valence-corrected chi connectivity index (χ3v) is 2.77. The quantitative estimate of drug-likeness (QED) is 0.802. The first kappa shape index (κ1) is 14.4. The fourth-order valence-electron chi connectivity index (χ4n) is 1.97. The van der Waals surface area contributed by atoms with Crippen molar-refractivity contribution in [3.05, 3.63) is 35.9 Å². The molecule has 1 atom stereocenters. The van der Waals surface area contributed by atoms with E-state index < -0.39 is 12.0 Å². The van der Waals surface area contributed by atoms with Crippen molar-refractivity contribution in [3.8, 4) is 0 Å². The van der Waals surface area contributed by atoms with Gasteiger partial charge in [0.05, 0.1) is 6.54 Å². The normalized spacial score (nSPS) is 12.4. The fraction of sp³-hybridized carbons (Fsp3) is 0.429. The molecule has 1 unspecified atom stereocenters. The van der Waals surface area contributed by atoms with Crippen LogP contribution in [-0.2, 0) is 16.1 Å². The molecule has 0 saturated carbocycles. The Hall–Kier alpha value is -1.68. The molecule has 0 heterocycles. The van der Waals surface area contributed by atoms with Crippen molar-refractivity contribution in [3.63, 3.8) is 0 Å². The maximum absolute atomic E-state index is 11.3. The van der Waals surface area contributed by atoms with Gasteiger partial charge in [-0.05, 0) is 18.9 Å². The summed E-state index contributed by atoms with van der Waals surface area (Å²) in [7, 11) is 0. The third kappa shape index (κ3) is 4.30. The molecule has 1 N–H and O–H groups in total. The first-order chi connectivity index (χ1) is 8.54. The zero-order chi connectivity index (χ0) is 13.5. The Kier molecular flexibility index (Phi) is 5.52. The Balaban J connectivity index is 2.84. The van der Waals surface area contributed by atoms with Gasteiger partial charge >= 0.3 is 5.97 Å². The van der Waals surface area contributed by atoms with Crippen LogP contribution in [0.5, 0.6) is 0 Å². The Bertz CT molecular complexity index is 403. The number of ketones is 1. The number of carbonyl (C=O) groups excluding carboxylic acids is 1. The van der Waals surface area contributed by atoms with Crippen LogP contribution in [0, 0.1) is 0 Å². The van der Waals surface area contributed by atoms with Crippen LogP contribution in [0.3, 0.4) is 0 Å². The van der Waals surface area contributed by atoms with Crippen LogP contribution in [0.25, 0.3) is 0 Å². The minimum Gasteiger partial charge on any atom is -0.480 e. The van der Waals surface area contributed by atoms with Crippen LogP contribution in [0.4, 0.5) is 0 Å². The fourth-order valence-corrected chi connectivity index (χ4v) is 1.97. The number of benzene rings is 1. The van der Waals surface area contributed by atoms with Crippen molar-refractivity contribution >= 4 is 11.8 Å². The lowest BCUT2D eigenvalue weighted by Crippen LogP contribution is -2.42. The topological polar surface area (TPSA) is 57.6 Å². The molecule has 18 heavy (non-hydrogen) atoms. The lowest BCUT2D eigenvalue weighted by molar-refractivity contribution is -0.144. The average Bonchev–Trinajstić information content (AvgIpc) is 2.29. The van der Waals surface area contributed by atoms with Gasteiger partial charge < -0.3 is 5.11 Å². The highest BCUT2D eigenvalue weighted by Gasteiger charge is 2.24. The number of carboxylic acids is 1. The lowest BCUT2D eigenvalue weighted by atomic mass is 10.1. The average molecular weight is 249 g/mol. The van der Waals surface area contributed by atoms with Crippen molar-refractivity contribution in [2.45, 2.75) is 32.9 Å². The summed E-state index contributed by atoms with van der Waals surface area (Å²) in [6.45, 7) is 3.94. The van der Waals surface area contributed by atoms with Gasteiger partial charge in [0.1, 0.15) is 11.8 Å². The molecule has 4 heteroatoms. The van der Waals surface area contributed by atoms with E-state index >= 15 is 0 Å². The van der Waals surface area contributed by atoms with Gasteiger partial charge in [-0.3, -0.25) is 14.5 Å². The molecule has 0 aliphatic carbocycles. The molecular formula is C14H19NO3. The summed E-state index contributed by atoms with van der Waals surface area (Å²) in [6.07, 6.45) is 0.482. The summed E-state index contributed by atoms with van der Waals surface area (Å²) in [5.41, 5.74) is 1.01. The molecule has 1 aromatic carbocycles. The molecule has 0 fully saturated rings. The number of hydrogen-bond donors (Lipinski definition) is 1. The number of rotatable bonds is 7. The molecule has 0 aliphatic rings. The van der Waals surface area contributed by atoms with Crippen molar-refractivity contribution in [2.24, 2.45) is 0 Å². The number of aliphatic carboxylic acids is 1. The van der Waals surface area contributed by atoms with Gasteiger partial charge in [0.15, 0.2) is 0 Å². The maximum atomic E-state index is 11.3. The second-order valence-electron chi connectivity index (χ2n) is 4.35. The van der Waals surface area contributed by atoms with Gasteiger partial charge in [-0.25, -0.2) is 0 Å². The Labute approximate surface area is 107 Å². The van der Waals surface area contributed by atoms with Crippen molar-refractivity contribution in [1.29, 1.82) is 0 Å². The second kappa shape index (κ2) is 6.91. The largest absolute Gasteiger partial charge is 0.480 e. The van der Waals surface area contributed by atoms with Gasteiger partial charge in [0, 0.05) is 6.54 Å². The third-order valence-electron chi connectivity index (χ3n) is 2.77. The molecule has 0 bridgehead atoms. The Morgan fingerprint density at radius 2 is 1.89 bits per heavy atom. The van der Waals surface area contributed by atoms with Gasteiger partial charge in [-0.15, -0.1) is 0 Å². The summed E-state index contributed by atoms with van der Waals surface area (Å²) < 4.78 is 0. The summed E-state index contributed by atoms with van der Waals surface area (Å²) in [6, 6.07) is 8.97. The molecule has 4 nitrogen and oxygen atoms in total. The summed E-state index contributed by atoms with van der Waals surface area (Å²) in [5, 5.41) is 9.18. The maximum Gasteiger partial charge on any atom is 0.320 e. The summed E-state index contributed by atoms with van der Waals surface area (Å²) >= 11 is 0. The Morgan fingerprint density at radius 3 is 2.33 bits per heavy atom. The molecule has 0 saturated heterocycles. The first-order valence-electron chi connectivity index (χ1n) is 6.04. The van der Waals surface area contributed by atoms with Gasteiger partial charge in [0.2, 0.25) is 0 Å². The highest BCUT2D eigenvalue weighted by molar-refractivity contribution is 5.79. The van der Waals surface area contributed by atoms with Crippen LogP contribution < -0.4 is 0 Å². The number of hydrogen-bond acceptors (Lipinski definition) is 3. The van der Waals surface area contributed by atoms with E-state index in [1.165, 1.54) is 6.92 Å². The zero-order valence-electron chi connectivity index (χ0n) is 10.8. The van der Waals surface area contributed by atoms with Crippen molar-refractivity contribution in [2.75, 3.05) is 6.54 Å². The predicted octanol–water partition coefficient (Wildman–Crippen LogP) is 1.94. The number of nitrogens with zero attached hydrogens (tertiary/aromatic N) is 1. The van der Waals surface area contributed by atoms with Crippen molar-refractivity contribution < 1.29 is 14.7 Å². The van der Waals surface area contributed by atoms with Crippen LogP contribution in [-0.4, -0.2) is 34.3 Å². The standard InChI is InChI=1S/C14H19NO3/c1-3-13(14(17)18)15(9-11(2)16)10-12-7-5-4-6-8-12/h4-8,13H,3,9-10H2,1-2H3,(H,17,18). The number of carboxylic acid groups (broad SMARTS) is 1. The van der Waals surface area contributed by atoms with Gasteiger partial charge in [-0.2, -0.15) is 0 Å². The van der Waals surface area contributed by atoms with E-state index in [4.69, 9.17) is 0 Å². The van der Waals surface area contributed by atoms with Crippen LogP contribution in [0.1, 0.15) is 25.8 Å². The van der Waals surface area contributed by atoms with Gasteiger partial charge in [-0.1, -0.05) is 37.3 Å². The van der Waals surface area contributed by atoms with E-state index in [0.29, 0.717) is 13.0 Å². The lowest BCUT2D eigenvalue weighted by Gasteiger charge is -2.27. The first-order valence-corrected chi connectivity index (χ1v) is 6.04. The van der Waals surface area contributed by atoms with Gasteiger partial charge in [0.25, 0.3) is 0 Å². The number of carbonyl (C=O) groups is 2. The SMILES string of the molecule is CCC(C(=O)O)N(CC(C)=O)Cc1ccccc1. The van der Waals surface area contributed by atoms with E-state index in [1.54, 1.807) is 4.90 Å². The highest BCUT2D eigenvalue weighted by atomic mass is 16.4. The molecule has 1 rings (SSSR count). The van der Waals surface area contributed by atoms with Crippen molar-refractivity contribution in [1.82, 2.24) is 4.90 Å². The van der Waals surface area contributed by atoms with E-state index in [1.807, 2.05) is 37.3 Å². The minimum atomic E-state index is -0.880. The zero-order valence-corrected chi connectivity index (χ0v) is 10.8. The van der Waals surface area contributed by atoms with E-state index in [9.17, 15) is 14.7 Å². The smallest absolute Gasteiger partial charge is 0.320 e. The summed E-state index contributed by atoms with van der Waals surface area (Å²) in [4.78, 5) is 24.2. The minimum absolute atomic E-state index is 0.0226. The van der Waals surface area contributed by atoms with Crippen LogP contribution in [0.2, 0.25) is 0 Å². The number of Topliss-reactive ketones (excluding diaryl/α,β-unsaturated/α-hetero) is 1. The molecule has 0 spiro atoms. The van der Waals surface area contributed by atoms with E-state index in [0.717, 1.165) is 5.56 Å². The van der Waals surface area contributed by atoms with E-state index in [2.05, 4.69) is 0 Å². The molecule has 0 aromatic heterocycles. The molecule has 0 aliphatic heterocycles.